The quantitative estimate of drug-likeness (QED) is 0.530. The van der Waals surface area contributed by atoms with E-state index in [2.05, 4.69) is 5.32 Å². The molecule has 7 nitrogen and oxygen atoms in total. The Morgan fingerprint density at radius 1 is 1.05 bits per heavy atom. The lowest BCUT2D eigenvalue weighted by atomic mass is 10.1. The van der Waals surface area contributed by atoms with E-state index in [0.717, 1.165) is 0 Å². The van der Waals surface area contributed by atoms with Gasteiger partial charge in [-0.25, -0.2) is 0 Å². The van der Waals surface area contributed by atoms with Crippen LogP contribution < -0.4 is 10.2 Å². The van der Waals surface area contributed by atoms with E-state index in [-0.39, 0.29) is 18.0 Å². The van der Waals surface area contributed by atoms with E-state index in [4.69, 9.17) is 0 Å². The third kappa shape index (κ3) is 2.18. The number of amides is 1. The molecule has 0 unspecified atom stereocenters. The predicted molar refractivity (Wildman–Crippen MR) is 79.8 cm³/mol. The predicted octanol–water partition coefficient (Wildman–Crippen LogP) is 2.19. The van der Waals surface area contributed by atoms with Crippen LogP contribution in [-0.2, 0) is 4.79 Å². The highest BCUT2D eigenvalue weighted by molar-refractivity contribution is 6.52. The number of carbonyl (C=O) groups excluding carboxylic acids is 2. The molecule has 0 radical (unpaired) electrons. The minimum atomic E-state index is -0.646. The molecule has 0 aromatic heterocycles. The highest BCUT2D eigenvalue weighted by atomic mass is 16.6. The van der Waals surface area contributed by atoms with Crippen molar-refractivity contribution in [2.24, 2.45) is 0 Å². The first-order chi connectivity index (χ1) is 10.6. The zero-order valence-corrected chi connectivity index (χ0v) is 11.4. The van der Waals surface area contributed by atoms with Crippen LogP contribution in [0.5, 0.6) is 0 Å². The minimum Gasteiger partial charge on any atom is -0.362 e. The number of Topliss-reactive ketones (excluding diaryl/α,β-unsaturated/α-hetero) is 1. The van der Waals surface area contributed by atoms with Gasteiger partial charge in [-0.1, -0.05) is 24.3 Å². The van der Waals surface area contributed by atoms with Crippen molar-refractivity contribution in [2.45, 2.75) is 0 Å². The fraction of sp³-hybridized carbons (Fsp3) is 0.0667. The van der Waals surface area contributed by atoms with Crippen LogP contribution in [0, 0.1) is 10.1 Å². The number of ketones is 1. The van der Waals surface area contributed by atoms with Crippen LogP contribution in [0.2, 0.25) is 0 Å². The number of benzene rings is 2. The summed E-state index contributed by atoms with van der Waals surface area (Å²) >= 11 is 0. The Bertz CT molecular complexity index is 788. The number of nitrogens with zero attached hydrogens (tertiary/aromatic N) is 2. The molecule has 1 aliphatic heterocycles. The van der Waals surface area contributed by atoms with Gasteiger partial charge in [0.1, 0.15) is 5.69 Å². The van der Waals surface area contributed by atoms with Crippen LogP contribution in [0.15, 0.2) is 48.5 Å². The lowest BCUT2D eigenvalue weighted by molar-refractivity contribution is -0.384. The molecular formula is C15H11N3O4. The molecule has 1 heterocycles. The minimum absolute atomic E-state index is 0.0214. The molecule has 1 amide bonds. The Kier molecular flexibility index (Phi) is 3.30. The molecule has 0 bridgehead atoms. The number of nitro benzene ring substituents is 1. The van der Waals surface area contributed by atoms with Crippen LogP contribution in [0.1, 0.15) is 10.4 Å². The van der Waals surface area contributed by atoms with Gasteiger partial charge in [-0.2, -0.15) is 0 Å². The summed E-state index contributed by atoms with van der Waals surface area (Å²) in [4.78, 5) is 35.6. The Labute approximate surface area is 125 Å². The summed E-state index contributed by atoms with van der Waals surface area (Å²) in [5.41, 5.74) is 1.05. The van der Waals surface area contributed by atoms with Crippen LogP contribution in [0.4, 0.5) is 17.1 Å². The number of hydrogen-bond donors (Lipinski definition) is 1. The highest BCUT2D eigenvalue weighted by Gasteiger charge is 2.35. The molecule has 2 aromatic rings. The molecule has 1 N–H and O–H groups in total. The van der Waals surface area contributed by atoms with Crippen LogP contribution in [-0.4, -0.2) is 23.3 Å². The molecule has 0 spiro atoms. The van der Waals surface area contributed by atoms with E-state index >= 15 is 0 Å². The number of nitrogens with one attached hydrogen (secondary N) is 1. The number of carbonyl (C=O) groups is 2. The van der Waals surface area contributed by atoms with Crippen molar-refractivity contribution in [1.82, 2.24) is 0 Å². The van der Waals surface area contributed by atoms with Crippen molar-refractivity contribution in [3.63, 3.8) is 0 Å². The second kappa shape index (κ2) is 5.28. The van der Waals surface area contributed by atoms with Crippen molar-refractivity contribution in [3.8, 4) is 0 Å². The molecule has 110 valence electrons. The average Bonchev–Trinajstić information content (AvgIpc) is 2.77. The second-order valence-corrected chi connectivity index (χ2v) is 4.69. The van der Waals surface area contributed by atoms with Gasteiger partial charge in [0.05, 0.1) is 22.8 Å². The monoisotopic (exact) mass is 297 g/mol. The fourth-order valence-corrected chi connectivity index (χ4v) is 2.35. The third-order valence-electron chi connectivity index (χ3n) is 3.41. The van der Waals surface area contributed by atoms with Gasteiger partial charge in [-0.15, -0.1) is 0 Å². The molecule has 7 heteroatoms. The number of hydrogen-bond acceptors (Lipinski definition) is 5. The number of anilines is 2. The highest BCUT2D eigenvalue weighted by Crippen LogP contribution is 2.29. The van der Waals surface area contributed by atoms with Crippen molar-refractivity contribution in [1.29, 1.82) is 0 Å². The summed E-state index contributed by atoms with van der Waals surface area (Å²) in [7, 11) is 0. The summed E-state index contributed by atoms with van der Waals surface area (Å²) in [6.45, 7) is -0.0214. The van der Waals surface area contributed by atoms with Crippen molar-refractivity contribution in [3.05, 3.63) is 64.2 Å². The average molecular weight is 297 g/mol. The Morgan fingerprint density at radius 3 is 2.50 bits per heavy atom. The van der Waals surface area contributed by atoms with E-state index in [1.54, 1.807) is 42.5 Å². The maximum absolute atomic E-state index is 12.0. The summed E-state index contributed by atoms with van der Waals surface area (Å²) < 4.78 is 0. The molecule has 2 aromatic carbocycles. The maximum Gasteiger partial charge on any atom is 0.300 e. The van der Waals surface area contributed by atoms with E-state index in [0.29, 0.717) is 11.3 Å². The second-order valence-electron chi connectivity index (χ2n) is 4.69. The van der Waals surface area contributed by atoms with Crippen molar-refractivity contribution in [2.75, 3.05) is 16.9 Å². The smallest absolute Gasteiger partial charge is 0.300 e. The first-order valence-electron chi connectivity index (χ1n) is 6.52. The molecule has 1 aliphatic rings. The maximum atomic E-state index is 12.0. The van der Waals surface area contributed by atoms with Gasteiger partial charge >= 0.3 is 5.91 Å². The normalized spacial score (nSPS) is 13.2. The number of rotatable bonds is 4. The number of para-hydroxylation sites is 3. The van der Waals surface area contributed by atoms with Gasteiger partial charge in [0.15, 0.2) is 0 Å². The Hall–Kier alpha value is -3.22. The van der Waals surface area contributed by atoms with E-state index in [9.17, 15) is 19.7 Å². The summed E-state index contributed by atoms with van der Waals surface area (Å²) in [5, 5.41) is 13.8. The van der Waals surface area contributed by atoms with Crippen LogP contribution >= 0.6 is 0 Å². The van der Waals surface area contributed by atoms with Gasteiger partial charge in [-0.3, -0.25) is 24.6 Å². The summed E-state index contributed by atoms with van der Waals surface area (Å²) in [5.74, 6) is -1.22. The topological polar surface area (TPSA) is 92.6 Å². The Balaban J connectivity index is 1.85. The lowest BCUT2D eigenvalue weighted by Crippen LogP contribution is -2.34. The van der Waals surface area contributed by atoms with Crippen LogP contribution in [0.3, 0.4) is 0 Å². The number of fused-ring (bicyclic) bond motifs is 1. The van der Waals surface area contributed by atoms with Crippen LogP contribution in [0.25, 0.3) is 0 Å². The molecule has 0 fully saturated rings. The van der Waals surface area contributed by atoms with E-state index in [1.807, 2.05) is 0 Å². The van der Waals surface area contributed by atoms with Gasteiger partial charge in [0, 0.05) is 6.07 Å². The molecule has 0 aliphatic carbocycles. The molecule has 0 saturated carbocycles. The standard InChI is InChI=1S/C15H11N3O4/c19-14-10-5-1-3-7-12(10)17(15(14)20)9-16-11-6-2-4-8-13(11)18(21)22/h1-8,16H,9H2. The Morgan fingerprint density at radius 2 is 1.73 bits per heavy atom. The molecular weight excluding hydrogens is 286 g/mol. The van der Waals surface area contributed by atoms with Crippen molar-refractivity contribution < 1.29 is 14.5 Å². The lowest BCUT2D eigenvalue weighted by Gasteiger charge is -2.17. The SMILES string of the molecule is O=C1C(=O)N(CNc2ccccc2[N+](=O)[O-])c2ccccc21. The zero-order chi connectivity index (χ0) is 15.7. The zero-order valence-electron chi connectivity index (χ0n) is 11.4. The van der Waals surface area contributed by atoms with Gasteiger partial charge in [0.2, 0.25) is 0 Å². The van der Waals surface area contributed by atoms with E-state index < -0.39 is 16.6 Å². The van der Waals surface area contributed by atoms with Gasteiger partial charge < -0.3 is 5.32 Å². The fourth-order valence-electron chi connectivity index (χ4n) is 2.35. The largest absolute Gasteiger partial charge is 0.362 e. The van der Waals surface area contributed by atoms with Gasteiger partial charge in [-0.05, 0) is 18.2 Å². The first kappa shape index (κ1) is 13.7. The summed E-state index contributed by atoms with van der Waals surface area (Å²) in [6, 6.07) is 12.8. The third-order valence-corrected chi connectivity index (χ3v) is 3.41. The van der Waals surface area contributed by atoms with Crippen molar-refractivity contribution >= 4 is 28.8 Å². The van der Waals surface area contributed by atoms with Gasteiger partial charge in [0.25, 0.3) is 11.5 Å². The molecule has 3 rings (SSSR count). The molecule has 0 saturated heterocycles. The molecule has 22 heavy (non-hydrogen) atoms. The summed E-state index contributed by atoms with van der Waals surface area (Å²) in [6.07, 6.45) is 0. The first-order valence-corrected chi connectivity index (χ1v) is 6.52. The number of nitro groups is 1. The molecule has 0 atom stereocenters. The van der Waals surface area contributed by atoms with E-state index in [1.165, 1.54) is 11.0 Å².